The number of nitrogens with one attached hydrogen (secondary N) is 3. The number of hydrogen-bond acceptors (Lipinski definition) is 8. The van der Waals surface area contributed by atoms with Gasteiger partial charge in [0.2, 0.25) is 17.7 Å². The topological polar surface area (TPSA) is 235 Å². The molecule has 2 rings (SSSR count). The first-order chi connectivity index (χ1) is 19.5. The summed E-state index contributed by atoms with van der Waals surface area (Å²) in [6.07, 6.45) is 0.730. The number of benzene rings is 2. The van der Waals surface area contributed by atoms with E-state index in [2.05, 4.69) is 33.6 Å². The van der Waals surface area contributed by atoms with Crippen molar-refractivity contribution in [2.24, 2.45) is 22.2 Å². The van der Waals surface area contributed by atoms with Gasteiger partial charge in [-0.15, -0.1) is 0 Å². The Morgan fingerprint density at radius 1 is 0.805 bits per heavy atom. The molecule has 4 unspecified atom stereocenters. The molecule has 222 valence electrons. The van der Waals surface area contributed by atoms with E-state index in [-0.39, 0.29) is 43.3 Å². The fourth-order valence-electron chi connectivity index (χ4n) is 3.79. The fourth-order valence-corrected chi connectivity index (χ4v) is 4.05. The van der Waals surface area contributed by atoms with Crippen LogP contribution in [0.2, 0.25) is 0 Å². The van der Waals surface area contributed by atoms with Crippen LogP contribution in [0.15, 0.2) is 59.6 Å². The predicted octanol–water partition coefficient (Wildman–Crippen LogP) is -0.973. The minimum absolute atomic E-state index is 0.0191. The number of carbonyl (C=O) groups excluding carboxylic acids is 3. The molecule has 3 amide bonds. The number of rotatable bonds is 16. The molecular weight excluding hydrogens is 550 g/mol. The molecular formula is C27H37N7O6S. The molecule has 0 aliphatic rings. The van der Waals surface area contributed by atoms with Gasteiger partial charge < -0.3 is 43.4 Å². The molecule has 0 spiro atoms. The van der Waals surface area contributed by atoms with Crippen molar-refractivity contribution in [3.05, 3.63) is 65.7 Å². The van der Waals surface area contributed by atoms with Crippen LogP contribution in [-0.4, -0.2) is 76.3 Å². The molecule has 2 aromatic rings. The Labute approximate surface area is 243 Å². The molecule has 0 aliphatic heterocycles. The smallest absolute Gasteiger partial charge is 0.326 e. The Balaban J connectivity index is 2.12. The van der Waals surface area contributed by atoms with Crippen LogP contribution < -0.4 is 33.2 Å². The zero-order valence-electron chi connectivity index (χ0n) is 22.4. The third-order valence-corrected chi connectivity index (χ3v) is 6.39. The van der Waals surface area contributed by atoms with Crippen LogP contribution >= 0.6 is 12.6 Å². The second kappa shape index (κ2) is 16.7. The van der Waals surface area contributed by atoms with Gasteiger partial charge >= 0.3 is 5.97 Å². The number of phenols is 1. The second-order valence-corrected chi connectivity index (χ2v) is 9.69. The maximum Gasteiger partial charge on any atom is 0.326 e. The van der Waals surface area contributed by atoms with E-state index in [1.165, 1.54) is 12.1 Å². The van der Waals surface area contributed by atoms with Crippen molar-refractivity contribution in [1.29, 1.82) is 0 Å². The third kappa shape index (κ3) is 11.8. The third-order valence-electron chi connectivity index (χ3n) is 6.03. The normalized spacial score (nSPS) is 13.6. The standard InChI is InChI=1S/C27H37N7O6S/c28-19(7-4-12-31-27(29)30)23(36)32-20(13-17-8-10-18(35)11-9-17)24(37)34-22(15-41)25(38)33-21(26(39)40)14-16-5-2-1-3-6-16/h1-3,5-6,8-11,19-22,35,41H,4,7,12-15,28H2,(H,32,36)(H,33,38)(H,34,37)(H,39,40)(H4,29,30,31). The molecule has 2 aromatic carbocycles. The molecule has 14 heteroatoms. The van der Waals surface area contributed by atoms with E-state index < -0.39 is 47.9 Å². The SMILES string of the molecule is NC(N)=NCCCC(N)C(=O)NC(Cc1ccc(O)cc1)C(=O)NC(CS)C(=O)NC(Cc1ccccc1)C(=O)O. The minimum Gasteiger partial charge on any atom is -0.508 e. The van der Waals surface area contributed by atoms with E-state index in [1.54, 1.807) is 42.5 Å². The largest absolute Gasteiger partial charge is 0.508 e. The zero-order valence-corrected chi connectivity index (χ0v) is 23.3. The van der Waals surface area contributed by atoms with Crippen molar-refractivity contribution in [2.75, 3.05) is 12.3 Å². The van der Waals surface area contributed by atoms with E-state index in [0.717, 1.165) is 0 Å². The summed E-state index contributed by atoms with van der Waals surface area (Å²) in [5.74, 6) is -3.49. The van der Waals surface area contributed by atoms with Gasteiger partial charge in [0.15, 0.2) is 5.96 Å². The summed E-state index contributed by atoms with van der Waals surface area (Å²) in [4.78, 5) is 54.7. The molecule has 0 bridgehead atoms. The van der Waals surface area contributed by atoms with Crippen molar-refractivity contribution >= 4 is 42.3 Å². The van der Waals surface area contributed by atoms with Gasteiger partial charge in [-0.05, 0) is 36.1 Å². The lowest BCUT2D eigenvalue weighted by Gasteiger charge is -2.24. The predicted molar refractivity (Wildman–Crippen MR) is 157 cm³/mol. The van der Waals surface area contributed by atoms with Gasteiger partial charge in [-0.2, -0.15) is 12.6 Å². The number of aliphatic imine (C=N–C) groups is 1. The van der Waals surface area contributed by atoms with E-state index in [0.29, 0.717) is 17.5 Å². The summed E-state index contributed by atoms with van der Waals surface area (Å²) in [6.45, 7) is 0.279. The number of thiol groups is 1. The first-order valence-electron chi connectivity index (χ1n) is 12.9. The van der Waals surface area contributed by atoms with Gasteiger partial charge in [-0.1, -0.05) is 42.5 Å². The Morgan fingerprint density at radius 3 is 1.93 bits per heavy atom. The summed E-state index contributed by atoms with van der Waals surface area (Å²) in [5.41, 5.74) is 17.9. The number of aromatic hydroxyl groups is 1. The highest BCUT2D eigenvalue weighted by molar-refractivity contribution is 7.80. The number of hydrogen-bond donors (Lipinski definition) is 9. The number of carboxylic acids is 1. The molecule has 13 nitrogen and oxygen atoms in total. The van der Waals surface area contributed by atoms with Crippen molar-refractivity contribution < 1.29 is 29.4 Å². The van der Waals surface area contributed by atoms with Gasteiger partial charge in [0.05, 0.1) is 6.04 Å². The quantitative estimate of drug-likeness (QED) is 0.0507. The van der Waals surface area contributed by atoms with Crippen LogP contribution in [0.3, 0.4) is 0 Å². The van der Waals surface area contributed by atoms with Gasteiger partial charge in [0, 0.05) is 25.1 Å². The molecule has 0 aliphatic carbocycles. The summed E-state index contributed by atoms with van der Waals surface area (Å²) in [7, 11) is 0. The van der Waals surface area contributed by atoms with Crippen LogP contribution in [0.1, 0.15) is 24.0 Å². The fraction of sp³-hybridized carbons (Fsp3) is 0.370. The summed E-state index contributed by atoms with van der Waals surface area (Å²) in [6, 6.07) is 10.3. The first kappa shape index (κ1) is 32.9. The number of amides is 3. The summed E-state index contributed by atoms with van der Waals surface area (Å²) in [5, 5.41) is 26.8. The Morgan fingerprint density at radius 2 is 1.34 bits per heavy atom. The maximum absolute atomic E-state index is 13.3. The van der Waals surface area contributed by atoms with Gasteiger partial charge in [-0.3, -0.25) is 19.4 Å². The lowest BCUT2D eigenvalue weighted by molar-refractivity contribution is -0.142. The Hall–Kier alpha value is -4.30. The summed E-state index contributed by atoms with van der Waals surface area (Å²) < 4.78 is 0. The lowest BCUT2D eigenvalue weighted by Crippen LogP contribution is -2.58. The molecule has 0 radical (unpaired) electrons. The van der Waals surface area contributed by atoms with E-state index in [1.807, 2.05) is 0 Å². The van der Waals surface area contributed by atoms with Crippen LogP contribution in [-0.2, 0) is 32.0 Å². The van der Waals surface area contributed by atoms with Crippen LogP contribution in [0.4, 0.5) is 0 Å². The molecule has 4 atom stereocenters. The van der Waals surface area contributed by atoms with Gasteiger partial charge in [0.25, 0.3) is 0 Å². The van der Waals surface area contributed by atoms with Crippen LogP contribution in [0.5, 0.6) is 5.75 Å². The van der Waals surface area contributed by atoms with Gasteiger partial charge in [0.1, 0.15) is 23.9 Å². The van der Waals surface area contributed by atoms with Gasteiger partial charge in [-0.25, -0.2) is 4.79 Å². The zero-order chi connectivity index (χ0) is 30.4. The minimum atomic E-state index is -1.24. The molecule has 0 aromatic heterocycles. The van der Waals surface area contributed by atoms with Crippen molar-refractivity contribution in [3.63, 3.8) is 0 Å². The molecule has 0 heterocycles. The number of aliphatic carboxylic acids is 1. The number of nitrogens with two attached hydrogens (primary N) is 3. The monoisotopic (exact) mass is 587 g/mol. The van der Waals surface area contributed by atoms with Crippen molar-refractivity contribution in [3.8, 4) is 5.75 Å². The average molecular weight is 588 g/mol. The lowest BCUT2D eigenvalue weighted by atomic mass is 10.0. The Bertz CT molecular complexity index is 1190. The first-order valence-corrected chi connectivity index (χ1v) is 13.5. The Kier molecular flexibility index (Phi) is 13.4. The van der Waals surface area contributed by atoms with E-state index in [4.69, 9.17) is 17.2 Å². The molecule has 0 saturated carbocycles. The highest BCUT2D eigenvalue weighted by atomic mass is 32.1. The highest BCUT2D eigenvalue weighted by Gasteiger charge is 2.30. The number of phenolic OH excluding ortho intramolecular Hbond substituents is 1. The second-order valence-electron chi connectivity index (χ2n) is 9.32. The number of carbonyl (C=O) groups is 4. The molecule has 11 N–H and O–H groups in total. The highest BCUT2D eigenvalue weighted by Crippen LogP contribution is 2.12. The van der Waals surface area contributed by atoms with Crippen LogP contribution in [0, 0.1) is 0 Å². The van der Waals surface area contributed by atoms with Crippen LogP contribution in [0.25, 0.3) is 0 Å². The molecule has 41 heavy (non-hydrogen) atoms. The molecule has 0 saturated heterocycles. The molecule has 0 fully saturated rings. The van der Waals surface area contributed by atoms with E-state index in [9.17, 15) is 29.4 Å². The van der Waals surface area contributed by atoms with Crippen molar-refractivity contribution in [2.45, 2.75) is 49.9 Å². The maximum atomic E-state index is 13.3. The van der Waals surface area contributed by atoms with E-state index >= 15 is 0 Å². The number of nitrogens with zero attached hydrogens (tertiary/aromatic N) is 1. The summed E-state index contributed by atoms with van der Waals surface area (Å²) >= 11 is 4.16. The van der Waals surface area contributed by atoms with Crippen molar-refractivity contribution in [1.82, 2.24) is 16.0 Å². The average Bonchev–Trinajstić information content (AvgIpc) is 2.94. The number of carboxylic acid groups (broad SMARTS) is 1. The number of guanidine groups is 1.